The van der Waals surface area contributed by atoms with Crippen LogP contribution in [0.1, 0.15) is 89.2 Å². The van der Waals surface area contributed by atoms with Gasteiger partial charge in [0.2, 0.25) is 0 Å². The Morgan fingerprint density at radius 1 is 0.849 bits per heavy atom. The minimum absolute atomic E-state index is 0.0219. The lowest BCUT2D eigenvalue weighted by Crippen LogP contribution is -2.24. The van der Waals surface area contributed by atoms with Gasteiger partial charge in [0.1, 0.15) is 16.6 Å². The van der Waals surface area contributed by atoms with Gasteiger partial charge in [-0.3, -0.25) is 4.79 Å². The van der Waals surface area contributed by atoms with Crippen LogP contribution < -0.4 is 10.2 Å². The summed E-state index contributed by atoms with van der Waals surface area (Å²) >= 11 is 14.4. The van der Waals surface area contributed by atoms with E-state index in [1.165, 1.54) is 5.69 Å². The number of nitrogens with one attached hydrogen (secondary N) is 1. The molecule has 0 radical (unpaired) electrons. The highest BCUT2D eigenvalue weighted by atomic mass is 35.5. The van der Waals surface area contributed by atoms with Crippen LogP contribution in [0.3, 0.4) is 0 Å². The third-order valence-corrected chi connectivity index (χ3v) is 11.1. The number of carbonyl (C=O) groups is 1. The predicted molar refractivity (Wildman–Crippen MR) is 225 cm³/mol. The lowest BCUT2D eigenvalue weighted by Gasteiger charge is -2.24. The highest BCUT2D eigenvalue weighted by molar-refractivity contribution is 7.13. The van der Waals surface area contributed by atoms with E-state index in [1.54, 1.807) is 18.3 Å². The Hall–Kier alpha value is -4.01. The zero-order valence-electron chi connectivity index (χ0n) is 31.5. The minimum Gasteiger partial charge on any atom is -0.372 e. The van der Waals surface area contributed by atoms with Gasteiger partial charge < -0.3 is 14.8 Å². The Morgan fingerprint density at radius 2 is 1.53 bits per heavy atom. The number of nitrogens with zero attached hydrogens (tertiary/aromatic N) is 4. The molecule has 2 heterocycles. The van der Waals surface area contributed by atoms with Crippen molar-refractivity contribution < 1.29 is 4.79 Å². The summed E-state index contributed by atoms with van der Waals surface area (Å²) in [5.41, 5.74) is 9.58. The first-order chi connectivity index (χ1) is 25.4. The van der Waals surface area contributed by atoms with Crippen molar-refractivity contribution in [1.29, 1.82) is 0 Å². The molecule has 276 valence electrons. The molecule has 0 saturated carbocycles. The molecule has 0 fully saturated rings. The summed E-state index contributed by atoms with van der Waals surface area (Å²) in [6.45, 7) is 15.9. The fourth-order valence-corrected chi connectivity index (χ4v) is 8.02. The summed E-state index contributed by atoms with van der Waals surface area (Å²) < 4.78 is 2.24. The fourth-order valence-electron chi connectivity index (χ4n) is 6.65. The van der Waals surface area contributed by atoms with E-state index >= 15 is 0 Å². The molecule has 1 N–H and O–H groups in total. The molecule has 6 rings (SSSR count). The van der Waals surface area contributed by atoms with Gasteiger partial charge in [-0.1, -0.05) is 94.2 Å². The van der Waals surface area contributed by atoms with E-state index in [1.807, 2.05) is 18.2 Å². The smallest absolute Gasteiger partial charge is 0.141 e. The summed E-state index contributed by atoms with van der Waals surface area (Å²) in [7, 11) is 0. The van der Waals surface area contributed by atoms with Crippen LogP contribution in [-0.4, -0.2) is 33.4 Å². The van der Waals surface area contributed by atoms with Crippen LogP contribution >= 0.6 is 34.5 Å². The molecule has 6 aromatic rings. The summed E-state index contributed by atoms with van der Waals surface area (Å²) in [6, 6.07) is 29.3. The van der Waals surface area contributed by atoms with Gasteiger partial charge in [-0.2, -0.15) is 0 Å². The second-order valence-corrected chi connectivity index (χ2v) is 16.5. The van der Waals surface area contributed by atoms with E-state index in [2.05, 4.69) is 122 Å². The monoisotopic (exact) mass is 765 g/mol. The molecule has 0 aliphatic heterocycles. The first-order valence-electron chi connectivity index (χ1n) is 18.5. The standard InChI is InChI=1S/C44H49Cl2N5OS/c1-7-21-50(22-8-2)35-17-14-32(15-18-35)42-48-39-25-34(16-20-40(39)51(42)27-31-11-19-36(45)37(46)24-31)38(23-29(3)52)47-26-30-9-12-33(13-10-30)43-49-41(28-53-43)44(4,5)6/h9-20,24-25,28,38,47H,7-8,21-23,26-27H2,1-6H3. The van der Waals surface area contributed by atoms with Crippen LogP contribution in [0.25, 0.3) is 33.0 Å². The molecule has 0 spiro atoms. The van der Waals surface area contributed by atoms with Crippen molar-refractivity contribution >= 4 is 57.0 Å². The van der Waals surface area contributed by atoms with E-state index < -0.39 is 0 Å². The Balaban J connectivity index is 1.29. The maximum atomic E-state index is 12.5. The van der Waals surface area contributed by atoms with Gasteiger partial charge in [0.05, 0.1) is 26.8 Å². The van der Waals surface area contributed by atoms with Crippen LogP contribution in [-0.2, 0) is 23.3 Å². The number of aromatic nitrogens is 3. The van der Waals surface area contributed by atoms with Gasteiger partial charge >= 0.3 is 0 Å². The largest absolute Gasteiger partial charge is 0.372 e. The molecule has 1 unspecified atom stereocenters. The van der Waals surface area contributed by atoms with Crippen molar-refractivity contribution in [2.24, 2.45) is 0 Å². The summed E-state index contributed by atoms with van der Waals surface area (Å²) in [5, 5.41) is 7.91. The van der Waals surface area contributed by atoms with Crippen LogP contribution in [0, 0.1) is 0 Å². The Morgan fingerprint density at radius 3 is 2.15 bits per heavy atom. The Bertz CT molecular complexity index is 2160. The molecular formula is C44H49Cl2N5OS. The number of hydrogen-bond donors (Lipinski definition) is 1. The number of anilines is 1. The third-order valence-electron chi connectivity index (χ3n) is 9.49. The minimum atomic E-state index is -0.170. The van der Waals surface area contributed by atoms with E-state index in [0.29, 0.717) is 29.6 Å². The Kier molecular flexibility index (Phi) is 12.4. The van der Waals surface area contributed by atoms with Gasteiger partial charge in [-0.15, -0.1) is 11.3 Å². The number of carbonyl (C=O) groups excluding carboxylic acids is 1. The van der Waals surface area contributed by atoms with Crippen LogP contribution in [0.2, 0.25) is 10.0 Å². The Labute approximate surface area is 328 Å². The second-order valence-electron chi connectivity index (χ2n) is 14.9. The number of ketones is 1. The maximum absolute atomic E-state index is 12.5. The van der Waals surface area contributed by atoms with Crippen molar-refractivity contribution in [2.75, 3.05) is 18.0 Å². The van der Waals surface area contributed by atoms with Crippen molar-refractivity contribution in [3.63, 3.8) is 0 Å². The molecule has 4 aromatic carbocycles. The average molecular weight is 767 g/mol. The normalized spacial score (nSPS) is 12.4. The number of rotatable bonds is 15. The molecular weight excluding hydrogens is 717 g/mol. The second kappa shape index (κ2) is 17.0. The highest BCUT2D eigenvalue weighted by Gasteiger charge is 2.20. The molecule has 1 atom stereocenters. The molecule has 6 nitrogen and oxygen atoms in total. The number of halogens is 2. The number of fused-ring (bicyclic) bond motifs is 1. The highest BCUT2D eigenvalue weighted by Crippen LogP contribution is 2.33. The van der Waals surface area contributed by atoms with E-state index in [-0.39, 0.29) is 17.2 Å². The molecule has 0 aliphatic rings. The van der Waals surface area contributed by atoms with Crippen molar-refractivity contribution in [2.45, 2.75) is 85.4 Å². The zero-order valence-corrected chi connectivity index (χ0v) is 33.9. The number of thiazole rings is 1. The van der Waals surface area contributed by atoms with Gasteiger partial charge in [0.25, 0.3) is 0 Å². The first kappa shape index (κ1) is 38.7. The lowest BCUT2D eigenvalue weighted by molar-refractivity contribution is -0.117. The summed E-state index contributed by atoms with van der Waals surface area (Å²) in [4.78, 5) is 25.1. The maximum Gasteiger partial charge on any atom is 0.141 e. The third kappa shape index (κ3) is 9.39. The molecule has 0 amide bonds. The first-order valence-corrected chi connectivity index (χ1v) is 20.1. The van der Waals surface area contributed by atoms with Gasteiger partial charge in [-0.25, -0.2) is 9.97 Å². The topological polar surface area (TPSA) is 63.1 Å². The number of hydrogen-bond acceptors (Lipinski definition) is 6. The quantitative estimate of drug-likeness (QED) is 0.113. The van der Waals surface area contributed by atoms with Gasteiger partial charge in [0, 0.05) is 66.3 Å². The van der Waals surface area contributed by atoms with Crippen LogP contribution in [0.15, 0.2) is 90.3 Å². The van der Waals surface area contributed by atoms with E-state index in [9.17, 15) is 4.79 Å². The molecule has 0 saturated heterocycles. The summed E-state index contributed by atoms with van der Waals surface area (Å²) in [6.07, 6.45) is 2.57. The average Bonchev–Trinajstić information content (AvgIpc) is 3.78. The predicted octanol–water partition coefficient (Wildman–Crippen LogP) is 11.9. The molecule has 9 heteroatoms. The van der Waals surface area contributed by atoms with Gasteiger partial charge in [0.15, 0.2) is 0 Å². The van der Waals surface area contributed by atoms with Crippen LogP contribution in [0.5, 0.6) is 0 Å². The molecule has 0 bridgehead atoms. The summed E-state index contributed by atoms with van der Waals surface area (Å²) in [5.74, 6) is 1.00. The molecule has 0 aliphatic carbocycles. The van der Waals surface area contributed by atoms with Crippen molar-refractivity contribution in [1.82, 2.24) is 19.9 Å². The van der Waals surface area contributed by atoms with Crippen molar-refractivity contribution in [3.05, 3.63) is 123 Å². The number of imidazole rings is 1. The SMILES string of the molecule is CCCN(CCC)c1ccc(-c2nc3cc(C(CC(C)=O)NCc4ccc(-c5nc(C(C)(C)C)cs5)cc4)ccc3n2Cc2ccc(Cl)c(Cl)c2)cc1. The molecule has 2 aromatic heterocycles. The number of benzene rings is 4. The lowest BCUT2D eigenvalue weighted by atomic mass is 9.93. The van der Waals surface area contributed by atoms with E-state index in [4.69, 9.17) is 33.2 Å². The van der Waals surface area contributed by atoms with Gasteiger partial charge in [-0.05, 0) is 85.0 Å². The molecule has 53 heavy (non-hydrogen) atoms. The zero-order chi connectivity index (χ0) is 37.7. The van der Waals surface area contributed by atoms with Crippen molar-refractivity contribution in [3.8, 4) is 22.0 Å². The van der Waals surface area contributed by atoms with E-state index in [0.717, 1.165) is 81.3 Å². The van der Waals surface area contributed by atoms with Crippen LogP contribution in [0.4, 0.5) is 5.69 Å². The fraction of sp³-hybridized carbons (Fsp3) is 0.341. The number of Topliss-reactive ketones (excluding diaryl/α,β-unsaturated/α-hetero) is 1.